The fourth-order valence-corrected chi connectivity index (χ4v) is 3.21. The maximum absolute atomic E-state index is 12.0. The summed E-state index contributed by atoms with van der Waals surface area (Å²) in [7, 11) is -3.60. The van der Waals surface area contributed by atoms with Crippen molar-refractivity contribution in [2.75, 3.05) is 18.8 Å². The summed E-state index contributed by atoms with van der Waals surface area (Å²) in [6, 6.07) is 9.19. The molecule has 1 heterocycles. The van der Waals surface area contributed by atoms with E-state index in [1.54, 1.807) is 0 Å². The highest BCUT2D eigenvalue weighted by Crippen LogP contribution is 2.08. The van der Waals surface area contributed by atoms with Gasteiger partial charge >= 0.3 is 0 Å². The van der Waals surface area contributed by atoms with Crippen LogP contribution in [0.15, 0.2) is 30.3 Å². The lowest BCUT2D eigenvalue weighted by molar-refractivity contribution is -0.134. The van der Waals surface area contributed by atoms with Crippen LogP contribution in [0.2, 0.25) is 0 Å². The number of rotatable bonds is 4. The molecule has 1 aromatic rings. The lowest BCUT2D eigenvalue weighted by atomic mass is 10.2. The van der Waals surface area contributed by atoms with Gasteiger partial charge in [-0.3, -0.25) is 14.9 Å². The van der Waals surface area contributed by atoms with Gasteiger partial charge in [0.25, 0.3) is 0 Å². The van der Waals surface area contributed by atoms with Crippen LogP contribution >= 0.6 is 0 Å². The normalized spacial score (nSPS) is 17.3. The minimum atomic E-state index is -3.60. The van der Waals surface area contributed by atoms with Gasteiger partial charge in [-0.2, -0.15) is 4.31 Å². The zero-order chi connectivity index (χ0) is 13.9. The fourth-order valence-electron chi connectivity index (χ4n) is 1.83. The lowest BCUT2D eigenvalue weighted by Gasteiger charge is -2.24. The van der Waals surface area contributed by atoms with Crippen LogP contribution in [0.25, 0.3) is 0 Å². The maximum Gasteiger partial charge on any atom is 0.241 e. The van der Waals surface area contributed by atoms with Crippen LogP contribution in [0.4, 0.5) is 0 Å². The van der Waals surface area contributed by atoms with E-state index >= 15 is 0 Å². The second-order valence-corrected chi connectivity index (χ2v) is 6.38. The smallest absolute Gasteiger partial charge is 0.241 e. The van der Waals surface area contributed by atoms with Crippen LogP contribution in [0, 0.1) is 0 Å². The molecule has 1 aliphatic rings. The van der Waals surface area contributed by atoms with E-state index < -0.39 is 21.8 Å². The van der Waals surface area contributed by atoms with Crippen LogP contribution in [0.1, 0.15) is 5.56 Å². The first-order valence-electron chi connectivity index (χ1n) is 5.82. The van der Waals surface area contributed by atoms with E-state index in [4.69, 9.17) is 0 Å². The highest BCUT2D eigenvalue weighted by Gasteiger charge is 2.31. The Morgan fingerprint density at radius 2 is 1.63 bits per heavy atom. The van der Waals surface area contributed by atoms with E-state index in [9.17, 15) is 18.0 Å². The summed E-state index contributed by atoms with van der Waals surface area (Å²) < 4.78 is 25.0. The number of nitrogens with zero attached hydrogens (tertiary/aromatic N) is 1. The summed E-state index contributed by atoms with van der Waals surface area (Å²) in [5.41, 5.74) is 0.902. The molecule has 1 aliphatic heterocycles. The number of hydrogen-bond donors (Lipinski definition) is 1. The van der Waals surface area contributed by atoms with Crippen molar-refractivity contribution in [3.8, 4) is 0 Å². The Morgan fingerprint density at radius 1 is 1.05 bits per heavy atom. The molecule has 2 amide bonds. The van der Waals surface area contributed by atoms with Crippen LogP contribution < -0.4 is 5.32 Å². The molecule has 6 nitrogen and oxygen atoms in total. The number of hydrogen-bond acceptors (Lipinski definition) is 4. The summed E-state index contributed by atoms with van der Waals surface area (Å²) >= 11 is 0. The zero-order valence-electron chi connectivity index (χ0n) is 10.2. The van der Waals surface area contributed by atoms with E-state index in [0.29, 0.717) is 6.42 Å². The molecule has 102 valence electrons. The lowest BCUT2D eigenvalue weighted by Crippen LogP contribution is -2.53. The third-order valence-corrected chi connectivity index (χ3v) is 4.57. The standard InChI is InChI=1S/C12H14N2O4S/c15-11-8-14(9-12(16)13-11)19(17,18)7-6-10-4-2-1-3-5-10/h1-5H,6-9H2,(H,13,15,16). The molecule has 1 N–H and O–H groups in total. The molecule has 0 radical (unpaired) electrons. The molecule has 1 aromatic carbocycles. The predicted octanol–water partition coefficient (Wildman–Crippen LogP) is -0.483. The highest BCUT2D eigenvalue weighted by atomic mass is 32.2. The molecule has 1 saturated heterocycles. The van der Waals surface area contributed by atoms with Gasteiger partial charge in [0.1, 0.15) is 0 Å². The Bertz CT molecular complexity index is 567. The summed E-state index contributed by atoms with van der Waals surface area (Å²) in [6.07, 6.45) is 0.357. The minimum absolute atomic E-state index is 0.114. The number of sulfonamides is 1. The van der Waals surface area contributed by atoms with Crippen LogP contribution in [-0.2, 0) is 26.0 Å². The number of carbonyl (C=O) groups excluding carboxylic acids is 2. The zero-order valence-corrected chi connectivity index (χ0v) is 11.0. The highest BCUT2D eigenvalue weighted by molar-refractivity contribution is 7.89. The molecule has 0 bridgehead atoms. The summed E-state index contributed by atoms with van der Waals surface area (Å²) in [5.74, 6) is -1.28. The van der Waals surface area contributed by atoms with E-state index in [-0.39, 0.29) is 18.8 Å². The molecule has 2 rings (SSSR count). The van der Waals surface area contributed by atoms with Crippen LogP contribution in [0.5, 0.6) is 0 Å². The van der Waals surface area contributed by atoms with Gasteiger partial charge in [-0.1, -0.05) is 30.3 Å². The molecule has 0 spiro atoms. The molecule has 0 aromatic heterocycles. The Labute approximate surface area is 111 Å². The summed E-state index contributed by atoms with van der Waals surface area (Å²) in [4.78, 5) is 22.3. The average Bonchev–Trinajstić information content (AvgIpc) is 2.37. The topological polar surface area (TPSA) is 83.6 Å². The molecule has 7 heteroatoms. The Hall–Kier alpha value is -1.73. The number of benzene rings is 1. The average molecular weight is 282 g/mol. The SMILES string of the molecule is O=C1CN(S(=O)(=O)CCc2ccccc2)CC(=O)N1. The van der Waals surface area contributed by atoms with Gasteiger partial charge in [-0.05, 0) is 12.0 Å². The van der Waals surface area contributed by atoms with Gasteiger partial charge in [0.05, 0.1) is 18.8 Å². The first-order valence-corrected chi connectivity index (χ1v) is 7.43. The molecule has 19 heavy (non-hydrogen) atoms. The summed E-state index contributed by atoms with van der Waals surface area (Å²) in [5, 5.41) is 2.07. The van der Waals surface area contributed by atoms with E-state index in [2.05, 4.69) is 5.32 Å². The largest absolute Gasteiger partial charge is 0.294 e. The van der Waals surface area contributed by atoms with Gasteiger partial charge in [0, 0.05) is 0 Å². The van der Waals surface area contributed by atoms with Crippen LogP contribution in [-0.4, -0.2) is 43.4 Å². The molecular weight excluding hydrogens is 268 g/mol. The second kappa shape index (κ2) is 5.50. The quantitative estimate of drug-likeness (QED) is 0.756. The van der Waals surface area contributed by atoms with Crippen molar-refractivity contribution in [2.24, 2.45) is 0 Å². The van der Waals surface area contributed by atoms with Gasteiger partial charge in [0.2, 0.25) is 21.8 Å². The predicted molar refractivity (Wildman–Crippen MR) is 68.7 cm³/mol. The first kappa shape index (κ1) is 13.7. The third kappa shape index (κ3) is 3.62. The van der Waals surface area contributed by atoms with Crippen molar-refractivity contribution in [3.05, 3.63) is 35.9 Å². The Morgan fingerprint density at radius 3 is 2.21 bits per heavy atom. The molecular formula is C12H14N2O4S. The number of imide groups is 1. The minimum Gasteiger partial charge on any atom is -0.294 e. The van der Waals surface area contributed by atoms with Gasteiger partial charge in [0.15, 0.2) is 0 Å². The monoisotopic (exact) mass is 282 g/mol. The van der Waals surface area contributed by atoms with Crippen molar-refractivity contribution >= 4 is 21.8 Å². The van der Waals surface area contributed by atoms with Gasteiger partial charge in [-0.25, -0.2) is 8.42 Å². The van der Waals surface area contributed by atoms with Crippen molar-refractivity contribution in [1.82, 2.24) is 9.62 Å². The number of carbonyl (C=O) groups is 2. The first-order chi connectivity index (χ1) is 8.97. The molecule has 0 atom stereocenters. The molecule has 1 fully saturated rings. The number of amides is 2. The molecule has 0 aliphatic carbocycles. The Balaban J connectivity index is 2.02. The molecule has 0 saturated carbocycles. The Kier molecular flexibility index (Phi) is 3.96. The summed E-state index contributed by atoms with van der Waals surface area (Å²) in [6.45, 7) is -0.578. The van der Waals surface area contributed by atoms with Crippen LogP contribution in [0.3, 0.4) is 0 Å². The van der Waals surface area contributed by atoms with Crippen molar-refractivity contribution < 1.29 is 18.0 Å². The van der Waals surface area contributed by atoms with Crippen molar-refractivity contribution in [3.63, 3.8) is 0 Å². The number of piperazine rings is 1. The van der Waals surface area contributed by atoms with E-state index in [1.165, 1.54) is 0 Å². The second-order valence-electron chi connectivity index (χ2n) is 4.29. The maximum atomic E-state index is 12.0. The van der Waals surface area contributed by atoms with Crippen molar-refractivity contribution in [2.45, 2.75) is 6.42 Å². The van der Waals surface area contributed by atoms with E-state index in [0.717, 1.165) is 9.87 Å². The van der Waals surface area contributed by atoms with Crippen molar-refractivity contribution in [1.29, 1.82) is 0 Å². The van der Waals surface area contributed by atoms with Gasteiger partial charge in [-0.15, -0.1) is 0 Å². The molecule has 0 unspecified atom stereocenters. The fraction of sp³-hybridized carbons (Fsp3) is 0.333. The third-order valence-electron chi connectivity index (χ3n) is 2.80. The number of nitrogens with one attached hydrogen (secondary N) is 1. The number of aryl methyl sites for hydroxylation is 1. The van der Waals surface area contributed by atoms with Gasteiger partial charge < -0.3 is 0 Å². The van der Waals surface area contributed by atoms with E-state index in [1.807, 2.05) is 30.3 Å².